The average molecular weight is 547 g/mol. The van der Waals surface area contributed by atoms with Crippen molar-refractivity contribution >= 4 is 35.9 Å². The molecule has 216 valence electrons. The molecule has 0 bridgehead atoms. The third-order valence-corrected chi connectivity index (χ3v) is 7.75. The highest BCUT2D eigenvalue weighted by Crippen LogP contribution is 2.55. The third kappa shape index (κ3) is 7.05. The highest BCUT2D eigenvalue weighted by atomic mass is 16.5. The van der Waals surface area contributed by atoms with Gasteiger partial charge in [-0.1, -0.05) is 47.6 Å². The van der Waals surface area contributed by atoms with Crippen molar-refractivity contribution in [2.45, 2.75) is 97.9 Å². The molecule has 1 heterocycles. The molecule has 3 aliphatic rings. The first kappa shape index (κ1) is 30.3. The SMILES string of the molecule is CC(OC(=O)[C@@]1(NC(=O)N[C@H](C(=O)N2CCC[C@H]2C(=O)NCC(=O)C=O)C(C)(C)C)CC1C(C)(C)C)C1=CC1. The summed E-state index contributed by atoms with van der Waals surface area (Å²) in [6.45, 7) is 13.1. The number of carbonyl (C=O) groups excluding carboxylic acids is 6. The summed E-state index contributed by atoms with van der Waals surface area (Å²) in [6, 6.07) is -2.49. The number of urea groups is 1. The normalized spacial score (nSPS) is 25.5. The van der Waals surface area contributed by atoms with Gasteiger partial charge in [0.05, 0.1) is 6.54 Å². The Labute approximate surface area is 229 Å². The minimum Gasteiger partial charge on any atom is -0.456 e. The van der Waals surface area contributed by atoms with Gasteiger partial charge in [-0.2, -0.15) is 0 Å². The molecule has 11 heteroatoms. The molecular weight excluding hydrogens is 504 g/mol. The second-order valence-electron chi connectivity index (χ2n) is 13.0. The average Bonchev–Trinajstić information content (AvgIpc) is 3.75. The molecule has 0 radical (unpaired) electrons. The number of hydrogen-bond acceptors (Lipinski definition) is 7. The monoisotopic (exact) mass is 546 g/mol. The van der Waals surface area contributed by atoms with Gasteiger partial charge in [-0.3, -0.25) is 19.2 Å². The molecule has 2 unspecified atom stereocenters. The van der Waals surface area contributed by atoms with Crippen LogP contribution in [0.3, 0.4) is 0 Å². The number of ketones is 1. The third-order valence-electron chi connectivity index (χ3n) is 7.75. The molecule has 4 amide bonds. The Kier molecular flexibility index (Phi) is 8.62. The van der Waals surface area contributed by atoms with E-state index in [1.807, 2.05) is 33.8 Å². The maximum Gasteiger partial charge on any atom is 0.332 e. The summed E-state index contributed by atoms with van der Waals surface area (Å²) in [4.78, 5) is 76.3. The van der Waals surface area contributed by atoms with E-state index < -0.39 is 59.2 Å². The quantitative estimate of drug-likeness (QED) is 0.163. The van der Waals surface area contributed by atoms with Gasteiger partial charge in [-0.05, 0) is 49.0 Å². The highest BCUT2D eigenvalue weighted by Gasteiger charge is 2.66. The van der Waals surface area contributed by atoms with Crippen LogP contribution >= 0.6 is 0 Å². The van der Waals surface area contributed by atoms with Gasteiger partial charge in [-0.15, -0.1) is 0 Å². The first-order chi connectivity index (χ1) is 18.0. The lowest BCUT2D eigenvalue weighted by Crippen LogP contribution is -2.61. The zero-order valence-electron chi connectivity index (χ0n) is 24.0. The number of nitrogens with zero attached hydrogens (tertiary/aromatic N) is 1. The van der Waals surface area contributed by atoms with Crippen molar-refractivity contribution in [2.24, 2.45) is 16.7 Å². The highest BCUT2D eigenvalue weighted by molar-refractivity contribution is 6.26. The number of ether oxygens (including phenoxy) is 1. The van der Waals surface area contributed by atoms with Gasteiger partial charge in [-0.25, -0.2) is 9.59 Å². The molecule has 3 rings (SSSR count). The van der Waals surface area contributed by atoms with Crippen LogP contribution in [0.1, 0.15) is 74.1 Å². The number of amides is 4. The topological polar surface area (TPSA) is 151 Å². The van der Waals surface area contributed by atoms with Crippen molar-refractivity contribution in [1.82, 2.24) is 20.9 Å². The van der Waals surface area contributed by atoms with Crippen LogP contribution in [-0.4, -0.2) is 77.6 Å². The molecule has 1 saturated heterocycles. The van der Waals surface area contributed by atoms with Gasteiger partial charge >= 0.3 is 12.0 Å². The maximum atomic E-state index is 13.7. The van der Waals surface area contributed by atoms with Crippen LogP contribution in [0.2, 0.25) is 0 Å². The fraction of sp³-hybridized carbons (Fsp3) is 0.714. The van der Waals surface area contributed by atoms with E-state index in [0.29, 0.717) is 25.8 Å². The molecular formula is C28H42N4O7. The number of Topliss-reactive ketones (excluding diaryl/α,β-unsaturated/α-hetero) is 1. The second kappa shape index (κ2) is 11.1. The van der Waals surface area contributed by atoms with Crippen LogP contribution in [0, 0.1) is 16.7 Å². The smallest absolute Gasteiger partial charge is 0.332 e. The van der Waals surface area contributed by atoms with Gasteiger partial charge in [0.1, 0.15) is 23.7 Å². The van der Waals surface area contributed by atoms with Crippen LogP contribution in [0.5, 0.6) is 0 Å². The lowest BCUT2D eigenvalue weighted by Gasteiger charge is -2.36. The Bertz CT molecular complexity index is 1070. The Morgan fingerprint density at radius 3 is 2.31 bits per heavy atom. The molecule has 0 spiro atoms. The van der Waals surface area contributed by atoms with Crippen molar-refractivity contribution in [2.75, 3.05) is 13.1 Å². The number of likely N-dealkylation sites (tertiary alicyclic amines) is 1. The van der Waals surface area contributed by atoms with E-state index in [4.69, 9.17) is 4.74 Å². The summed E-state index contributed by atoms with van der Waals surface area (Å²) >= 11 is 0. The Morgan fingerprint density at radius 1 is 1.15 bits per heavy atom. The molecule has 0 aromatic carbocycles. The molecule has 1 saturated carbocycles. The summed E-state index contributed by atoms with van der Waals surface area (Å²) in [6.07, 6.45) is 3.98. The molecule has 39 heavy (non-hydrogen) atoms. The van der Waals surface area contributed by atoms with Gasteiger partial charge < -0.3 is 25.6 Å². The number of hydrogen-bond donors (Lipinski definition) is 3. The Balaban J connectivity index is 1.73. The maximum absolute atomic E-state index is 13.7. The van der Waals surface area contributed by atoms with E-state index in [0.717, 1.165) is 12.0 Å². The molecule has 3 N–H and O–H groups in total. The number of rotatable bonds is 10. The Morgan fingerprint density at radius 2 is 1.79 bits per heavy atom. The predicted molar refractivity (Wildman–Crippen MR) is 142 cm³/mol. The minimum absolute atomic E-state index is 0.131. The van der Waals surface area contributed by atoms with Crippen molar-refractivity contribution in [1.29, 1.82) is 0 Å². The van der Waals surface area contributed by atoms with Crippen LogP contribution in [0.25, 0.3) is 0 Å². The molecule has 2 fully saturated rings. The summed E-state index contributed by atoms with van der Waals surface area (Å²) in [5.74, 6) is -2.37. The minimum atomic E-state index is -1.20. The standard InChI is InChI=1S/C28H42N4O7/c1-16(17-10-11-17)39-24(37)28(13-20(28)26(2,3)4)31-25(38)30-21(27(5,6)7)23(36)32-12-8-9-19(32)22(35)29-14-18(34)15-33/h10,15-16,19-21H,8-9,11-14H2,1-7H3,(H,29,35)(H2,30,31,38)/t16?,19-,20?,21+,28+/m0/s1. The summed E-state index contributed by atoms with van der Waals surface area (Å²) in [5, 5.41) is 8.02. The fourth-order valence-corrected chi connectivity index (χ4v) is 5.28. The zero-order chi connectivity index (χ0) is 29.3. The molecule has 0 aromatic heterocycles. The van der Waals surface area contributed by atoms with E-state index in [9.17, 15) is 28.8 Å². The van der Waals surface area contributed by atoms with Gasteiger partial charge in [0.2, 0.25) is 17.6 Å². The first-order valence-corrected chi connectivity index (χ1v) is 13.6. The molecule has 11 nitrogen and oxygen atoms in total. The molecule has 1 aliphatic heterocycles. The van der Waals surface area contributed by atoms with Crippen molar-refractivity contribution in [3.8, 4) is 0 Å². The van der Waals surface area contributed by atoms with Crippen molar-refractivity contribution in [3.05, 3.63) is 11.6 Å². The molecule has 5 atom stereocenters. The van der Waals surface area contributed by atoms with E-state index in [-0.39, 0.29) is 23.7 Å². The van der Waals surface area contributed by atoms with Gasteiger partial charge in [0.15, 0.2) is 6.29 Å². The van der Waals surface area contributed by atoms with Crippen LogP contribution in [0.15, 0.2) is 11.6 Å². The lowest BCUT2D eigenvalue weighted by molar-refractivity contribution is -0.151. The fourth-order valence-electron chi connectivity index (χ4n) is 5.28. The molecule has 2 aliphatic carbocycles. The van der Waals surface area contributed by atoms with Crippen LogP contribution < -0.4 is 16.0 Å². The van der Waals surface area contributed by atoms with E-state index in [1.165, 1.54) is 4.90 Å². The number of nitrogens with one attached hydrogen (secondary N) is 3. The number of aldehydes is 1. The molecule has 0 aromatic rings. The van der Waals surface area contributed by atoms with E-state index in [2.05, 4.69) is 16.0 Å². The van der Waals surface area contributed by atoms with Crippen LogP contribution in [-0.2, 0) is 28.7 Å². The van der Waals surface area contributed by atoms with Gasteiger partial charge in [0.25, 0.3) is 0 Å². The lowest BCUT2D eigenvalue weighted by atomic mass is 9.85. The predicted octanol–water partition coefficient (Wildman–Crippen LogP) is 1.64. The Hall–Kier alpha value is -3.24. The number of esters is 1. The van der Waals surface area contributed by atoms with E-state index in [1.54, 1.807) is 20.8 Å². The van der Waals surface area contributed by atoms with Crippen LogP contribution in [0.4, 0.5) is 4.79 Å². The largest absolute Gasteiger partial charge is 0.456 e. The number of allylic oxidation sites excluding steroid dienone is 1. The van der Waals surface area contributed by atoms with Crippen molar-refractivity contribution in [3.63, 3.8) is 0 Å². The van der Waals surface area contributed by atoms with Crippen molar-refractivity contribution < 1.29 is 33.5 Å². The second-order valence-corrected chi connectivity index (χ2v) is 13.0. The zero-order valence-corrected chi connectivity index (χ0v) is 24.0. The summed E-state index contributed by atoms with van der Waals surface area (Å²) in [5.41, 5.74) is -1.14. The first-order valence-electron chi connectivity index (χ1n) is 13.6. The van der Waals surface area contributed by atoms with Gasteiger partial charge in [0, 0.05) is 12.5 Å². The summed E-state index contributed by atoms with van der Waals surface area (Å²) in [7, 11) is 0. The van der Waals surface area contributed by atoms with E-state index >= 15 is 0 Å². The number of carbonyl (C=O) groups is 6. The summed E-state index contributed by atoms with van der Waals surface area (Å²) < 4.78 is 5.70.